The van der Waals surface area contributed by atoms with Gasteiger partial charge in [-0.15, -0.1) is 0 Å². The van der Waals surface area contributed by atoms with Gasteiger partial charge in [-0.3, -0.25) is 9.80 Å². The Balaban J connectivity index is 1.04. The van der Waals surface area contributed by atoms with E-state index in [1.165, 1.54) is 84.2 Å². The summed E-state index contributed by atoms with van der Waals surface area (Å²) in [7, 11) is 0. The molecule has 1 atom stereocenters. The first-order valence-electron chi connectivity index (χ1n) is 13.2. The van der Waals surface area contributed by atoms with Crippen LogP contribution >= 0.6 is 0 Å². The van der Waals surface area contributed by atoms with Crippen LogP contribution in [0.5, 0.6) is 5.75 Å². The molecule has 3 aliphatic heterocycles. The van der Waals surface area contributed by atoms with Crippen LogP contribution in [0.2, 0.25) is 0 Å². The van der Waals surface area contributed by atoms with Gasteiger partial charge in [0.15, 0.2) is 0 Å². The summed E-state index contributed by atoms with van der Waals surface area (Å²) in [6.45, 7) is 10.3. The molecule has 0 unspecified atom stereocenters. The van der Waals surface area contributed by atoms with Gasteiger partial charge in [-0.1, -0.05) is 6.42 Å². The van der Waals surface area contributed by atoms with Gasteiger partial charge in [0, 0.05) is 31.2 Å². The van der Waals surface area contributed by atoms with E-state index in [4.69, 9.17) is 14.1 Å². The molecule has 0 radical (unpaired) electrons. The highest BCUT2D eigenvalue weighted by molar-refractivity contribution is 5.54. The molecule has 33 heavy (non-hydrogen) atoms. The molecule has 1 aromatic carbocycles. The van der Waals surface area contributed by atoms with Crippen molar-refractivity contribution in [3.05, 3.63) is 36.2 Å². The Kier molecular flexibility index (Phi) is 7.97. The number of oxazole rings is 1. The van der Waals surface area contributed by atoms with Gasteiger partial charge >= 0.3 is 0 Å². The first-order chi connectivity index (χ1) is 16.3. The minimum absolute atomic E-state index is 0.701. The molecule has 5 rings (SSSR count). The minimum atomic E-state index is 0.701. The van der Waals surface area contributed by atoms with Crippen molar-refractivity contribution in [2.75, 3.05) is 52.4 Å². The predicted molar refractivity (Wildman–Crippen MR) is 131 cm³/mol. The second-order valence-electron chi connectivity index (χ2n) is 10.0. The highest BCUT2D eigenvalue weighted by Crippen LogP contribution is 2.24. The minimum Gasteiger partial charge on any atom is -0.494 e. The summed E-state index contributed by atoms with van der Waals surface area (Å²) in [6, 6.07) is 8.94. The molecule has 3 fully saturated rings. The Bertz CT molecular complexity index is 840. The fraction of sp³-hybridized carbons (Fsp3) is 0.667. The summed E-state index contributed by atoms with van der Waals surface area (Å²) in [5, 5.41) is 0. The van der Waals surface area contributed by atoms with Gasteiger partial charge in [0.25, 0.3) is 0 Å². The standard InChI is InChI=1S/C27H40N4O2/c1-2-13-29(14-3-1)20-24-22-33-27(28-24)23-9-11-26(12-10-23)32-19-7-18-31-17-6-8-25(31)21-30-15-4-5-16-30/h9-12,22,25H,1-8,13-21H2/t25-/m0/s1. The van der Waals surface area contributed by atoms with Crippen molar-refractivity contribution in [2.45, 2.75) is 64.0 Å². The number of hydrogen-bond donors (Lipinski definition) is 0. The molecule has 4 heterocycles. The van der Waals surface area contributed by atoms with Crippen LogP contribution in [0.3, 0.4) is 0 Å². The van der Waals surface area contributed by atoms with Gasteiger partial charge in [0.1, 0.15) is 12.0 Å². The second-order valence-corrected chi connectivity index (χ2v) is 10.0. The number of benzene rings is 1. The molecule has 0 amide bonds. The van der Waals surface area contributed by atoms with E-state index in [1.54, 1.807) is 0 Å². The van der Waals surface area contributed by atoms with Crippen molar-refractivity contribution in [1.29, 1.82) is 0 Å². The normalized spacial score (nSPS) is 22.8. The predicted octanol–water partition coefficient (Wildman–Crippen LogP) is 4.66. The van der Waals surface area contributed by atoms with Crippen LogP contribution < -0.4 is 4.74 Å². The van der Waals surface area contributed by atoms with E-state index in [0.29, 0.717) is 5.89 Å². The lowest BCUT2D eigenvalue weighted by Gasteiger charge is -2.28. The molecule has 6 heteroatoms. The van der Waals surface area contributed by atoms with Crippen molar-refractivity contribution in [1.82, 2.24) is 19.7 Å². The van der Waals surface area contributed by atoms with Gasteiger partial charge < -0.3 is 14.1 Å². The van der Waals surface area contributed by atoms with Gasteiger partial charge in [-0.25, -0.2) is 4.98 Å². The number of piperidine rings is 1. The average molecular weight is 453 g/mol. The Labute approximate surface area is 198 Å². The largest absolute Gasteiger partial charge is 0.494 e. The van der Waals surface area contributed by atoms with E-state index in [0.717, 1.165) is 49.2 Å². The van der Waals surface area contributed by atoms with Gasteiger partial charge in [-0.05, 0) is 102 Å². The van der Waals surface area contributed by atoms with E-state index >= 15 is 0 Å². The Morgan fingerprint density at radius 3 is 2.45 bits per heavy atom. The molecule has 0 saturated carbocycles. The van der Waals surface area contributed by atoms with E-state index in [-0.39, 0.29) is 0 Å². The van der Waals surface area contributed by atoms with Crippen LogP contribution in [0.25, 0.3) is 11.5 Å². The van der Waals surface area contributed by atoms with Crippen LogP contribution in [0.15, 0.2) is 34.9 Å². The van der Waals surface area contributed by atoms with E-state index < -0.39 is 0 Å². The molecule has 3 saturated heterocycles. The number of likely N-dealkylation sites (tertiary alicyclic amines) is 3. The van der Waals surface area contributed by atoms with Crippen LogP contribution in [0.1, 0.15) is 57.1 Å². The number of ether oxygens (including phenoxy) is 1. The number of aromatic nitrogens is 1. The number of nitrogens with zero attached hydrogens (tertiary/aromatic N) is 4. The fourth-order valence-electron chi connectivity index (χ4n) is 5.67. The van der Waals surface area contributed by atoms with Gasteiger partial charge in [-0.2, -0.15) is 0 Å². The third-order valence-corrected chi connectivity index (χ3v) is 7.51. The summed E-state index contributed by atoms with van der Waals surface area (Å²) in [5.41, 5.74) is 2.03. The zero-order valence-electron chi connectivity index (χ0n) is 20.1. The molecular formula is C27H40N4O2. The lowest BCUT2D eigenvalue weighted by Crippen LogP contribution is -2.40. The summed E-state index contributed by atoms with van der Waals surface area (Å²) >= 11 is 0. The molecular weight excluding hydrogens is 412 g/mol. The van der Waals surface area contributed by atoms with Crippen LogP contribution in [-0.2, 0) is 6.54 Å². The van der Waals surface area contributed by atoms with E-state index in [2.05, 4.69) is 26.8 Å². The maximum atomic E-state index is 6.04. The lowest BCUT2D eigenvalue weighted by molar-refractivity contribution is 0.178. The molecule has 0 spiro atoms. The SMILES string of the molecule is c1cc(-c2nc(CN3CCCCC3)co2)ccc1OCCCN1CCC[C@H]1CN1CCCC1. The summed E-state index contributed by atoms with van der Waals surface area (Å²) in [5.74, 6) is 1.63. The van der Waals surface area contributed by atoms with Gasteiger partial charge in [0.05, 0.1) is 12.3 Å². The Morgan fingerprint density at radius 1 is 0.879 bits per heavy atom. The topological polar surface area (TPSA) is 45.0 Å². The number of hydrogen-bond acceptors (Lipinski definition) is 6. The molecule has 0 bridgehead atoms. The maximum absolute atomic E-state index is 6.04. The van der Waals surface area contributed by atoms with Crippen molar-refractivity contribution >= 4 is 0 Å². The van der Waals surface area contributed by atoms with Crippen LogP contribution in [-0.4, -0.2) is 78.1 Å². The summed E-state index contributed by atoms with van der Waals surface area (Å²) in [6.07, 6.45) is 12.3. The van der Waals surface area contributed by atoms with E-state index in [1.807, 2.05) is 18.4 Å². The Hall–Kier alpha value is -1.89. The first-order valence-corrected chi connectivity index (χ1v) is 13.2. The zero-order chi connectivity index (χ0) is 22.3. The number of rotatable bonds is 10. The smallest absolute Gasteiger partial charge is 0.226 e. The van der Waals surface area contributed by atoms with Crippen molar-refractivity contribution in [3.63, 3.8) is 0 Å². The quantitative estimate of drug-likeness (QED) is 0.489. The van der Waals surface area contributed by atoms with Crippen molar-refractivity contribution < 1.29 is 9.15 Å². The third-order valence-electron chi connectivity index (χ3n) is 7.51. The second kappa shape index (κ2) is 11.5. The summed E-state index contributed by atoms with van der Waals surface area (Å²) in [4.78, 5) is 12.5. The fourth-order valence-corrected chi connectivity index (χ4v) is 5.67. The van der Waals surface area contributed by atoms with Crippen molar-refractivity contribution in [2.24, 2.45) is 0 Å². The van der Waals surface area contributed by atoms with E-state index in [9.17, 15) is 0 Å². The molecule has 0 aliphatic carbocycles. The molecule has 2 aromatic rings. The van der Waals surface area contributed by atoms with Gasteiger partial charge in [0.2, 0.25) is 5.89 Å². The molecule has 0 N–H and O–H groups in total. The highest BCUT2D eigenvalue weighted by atomic mass is 16.5. The molecule has 6 nitrogen and oxygen atoms in total. The summed E-state index contributed by atoms with van der Waals surface area (Å²) < 4.78 is 11.8. The zero-order valence-corrected chi connectivity index (χ0v) is 20.1. The first kappa shape index (κ1) is 22.9. The molecule has 180 valence electrons. The maximum Gasteiger partial charge on any atom is 0.226 e. The Morgan fingerprint density at radius 2 is 1.64 bits per heavy atom. The van der Waals surface area contributed by atoms with Crippen LogP contribution in [0, 0.1) is 0 Å². The lowest BCUT2D eigenvalue weighted by atomic mass is 10.1. The molecule has 3 aliphatic rings. The molecule has 1 aromatic heterocycles. The monoisotopic (exact) mass is 452 g/mol. The third kappa shape index (κ3) is 6.37. The van der Waals surface area contributed by atoms with Crippen molar-refractivity contribution in [3.8, 4) is 17.2 Å². The average Bonchev–Trinajstić information content (AvgIpc) is 3.62. The highest BCUT2D eigenvalue weighted by Gasteiger charge is 2.26. The van der Waals surface area contributed by atoms with Crippen LogP contribution in [0.4, 0.5) is 0 Å².